The zero-order valence-corrected chi connectivity index (χ0v) is 17.6. The molecule has 0 spiro atoms. The molecule has 9 heteroatoms. The van der Waals surface area contributed by atoms with Gasteiger partial charge in [-0.2, -0.15) is 13.2 Å². The van der Waals surface area contributed by atoms with Gasteiger partial charge >= 0.3 is 6.18 Å². The highest BCUT2D eigenvalue weighted by molar-refractivity contribution is 5.79. The molecule has 0 amide bonds. The molecule has 0 unspecified atom stereocenters. The zero-order valence-electron chi connectivity index (χ0n) is 17.6. The second-order valence-corrected chi connectivity index (χ2v) is 6.56. The van der Waals surface area contributed by atoms with Gasteiger partial charge in [0.2, 0.25) is 0 Å². The minimum atomic E-state index is -4.48. The first-order chi connectivity index (χ1) is 13.8. The first kappa shape index (κ1) is 25.0. The van der Waals surface area contributed by atoms with E-state index in [4.69, 9.17) is 14.2 Å². The van der Waals surface area contributed by atoms with Crippen LogP contribution in [0.25, 0.3) is 0 Å². The smallest absolute Gasteiger partial charge is 0.416 e. The zero-order chi connectivity index (χ0) is 21.7. The van der Waals surface area contributed by atoms with Crippen LogP contribution in [-0.2, 0) is 22.2 Å². The summed E-state index contributed by atoms with van der Waals surface area (Å²) < 4.78 is 56.0. The molecule has 0 fully saturated rings. The van der Waals surface area contributed by atoms with Crippen molar-refractivity contribution in [3.8, 4) is 5.75 Å². The molecule has 2 N–H and O–H groups in total. The summed E-state index contributed by atoms with van der Waals surface area (Å²) >= 11 is 0. The monoisotopic (exact) mass is 419 g/mol. The van der Waals surface area contributed by atoms with Gasteiger partial charge < -0.3 is 24.8 Å². The van der Waals surface area contributed by atoms with E-state index in [9.17, 15) is 13.2 Å². The number of nitrogens with zero attached hydrogens (tertiary/aromatic N) is 1. The summed E-state index contributed by atoms with van der Waals surface area (Å²) in [4.78, 5) is 4.29. The maximum atomic E-state index is 13.5. The summed E-state index contributed by atoms with van der Waals surface area (Å²) in [6.07, 6.45) is -3.95. The fourth-order valence-corrected chi connectivity index (χ4v) is 2.43. The summed E-state index contributed by atoms with van der Waals surface area (Å²) in [7, 11) is 1.61. The van der Waals surface area contributed by atoms with E-state index in [2.05, 4.69) is 15.6 Å². The molecule has 0 aliphatic rings. The molecular weight excluding hydrogens is 387 g/mol. The molecule has 0 saturated carbocycles. The highest BCUT2D eigenvalue weighted by Crippen LogP contribution is 2.35. The molecule has 0 heterocycles. The summed E-state index contributed by atoms with van der Waals surface area (Å²) in [6, 6.07) is 3.98. The van der Waals surface area contributed by atoms with Crippen LogP contribution in [-0.4, -0.2) is 52.1 Å². The molecule has 166 valence electrons. The highest BCUT2D eigenvalue weighted by atomic mass is 19.4. The van der Waals surface area contributed by atoms with E-state index < -0.39 is 11.7 Å². The Morgan fingerprint density at radius 3 is 2.52 bits per heavy atom. The van der Waals surface area contributed by atoms with Gasteiger partial charge in [-0.05, 0) is 44.9 Å². The molecule has 1 rings (SSSR count). The van der Waals surface area contributed by atoms with Crippen LogP contribution in [0.15, 0.2) is 23.2 Å². The number of nitrogens with one attached hydrogen (secondary N) is 2. The van der Waals surface area contributed by atoms with Crippen LogP contribution in [0.4, 0.5) is 13.2 Å². The maximum Gasteiger partial charge on any atom is 0.416 e. The molecule has 0 aliphatic heterocycles. The largest absolute Gasteiger partial charge is 0.491 e. The van der Waals surface area contributed by atoms with E-state index in [0.717, 1.165) is 12.5 Å². The molecule has 1 aromatic rings. The lowest BCUT2D eigenvalue weighted by molar-refractivity contribution is -0.138. The van der Waals surface area contributed by atoms with Gasteiger partial charge in [0, 0.05) is 26.8 Å². The van der Waals surface area contributed by atoms with Crippen molar-refractivity contribution < 1.29 is 27.4 Å². The number of aliphatic imine (C=N–C) groups is 1. The minimum Gasteiger partial charge on any atom is -0.491 e. The lowest BCUT2D eigenvalue weighted by Crippen LogP contribution is -2.38. The fraction of sp³-hybridized carbons (Fsp3) is 0.650. The molecule has 0 atom stereocenters. The van der Waals surface area contributed by atoms with Gasteiger partial charge in [0.1, 0.15) is 5.75 Å². The van der Waals surface area contributed by atoms with Gasteiger partial charge in [-0.3, -0.25) is 0 Å². The molecule has 0 radical (unpaired) electrons. The molecule has 0 aromatic heterocycles. The average molecular weight is 419 g/mol. The average Bonchev–Trinajstić information content (AvgIpc) is 2.64. The fourth-order valence-electron chi connectivity index (χ4n) is 2.43. The predicted octanol–water partition coefficient (Wildman–Crippen LogP) is 3.60. The van der Waals surface area contributed by atoms with Crippen molar-refractivity contribution in [3.63, 3.8) is 0 Å². The van der Waals surface area contributed by atoms with Gasteiger partial charge in [0.05, 0.1) is 31.4 Å². The van der Waals surface area contributed by atoms with Crippen molar-refractivity contribution in [2.45, 2.75) is 46.0 Å². The van der Waals surface area contributed by atoms with Crippen molar-refractivity contribution in [1.29, 1.82) is 0 Å². The number of hydrogen-bond donors (Lipinski definition) is 2. The molecule has 0 bridgehead atoms. The van der Waals surface area contributed by atoms with Crippen molar-refractivity contribution in [1.82, 2.24) is 10.6 Å². The number of ether oxygens (including phenoxy) is 3. The van der Waals surface area contributed by atoms with Crippen LogP contribution in [0.1, 0.15) is 38.3 Å². The normalized spacial score (nSPS) is 12.3. The van der Waals surface area contributed by atoms with Crippen LogP contribution < -0.4 is 15.4 Å². The second-order valence-electron chi connectivity index (χ2n) is 6.56. The third kappa shape index (κ3) is 10.4. The number of methoxy groups -OCH3 is 1. The third-order valence-electron chi connectivity index (χ3n) is 3.70. The van der Waals surface area contributed by atoms with Crippen LogP contribution in [0.2, 0.25) is 0 Å². The number of benzene rings is 1. The van der Waals surface area contributed by atoms with Crippen molar-refractivity contribution in [2.24, 2.45) is 4.99 Å². The maximum absolute atomic E-state index is 13.5. The number of guanidine groups is 1. The molecule has 29 heavy (non-hydrogen) atoms. The lowest BCUT2D eigenvalue weighted by atomic mass is 10.1. The Hall–Kier alpha value is -2.00. The van der Waals surface area contributed by atoms with Crippen molar-refractivity contribution in [2.75, 3.05) is 40.0 Å². The highest BCUT2D eigenvalue weighted by Gasteiger charge is 2.33. The quantitative estimate of drug-likeness (QED) is 0.308. The first-order valence-corrected chi connectivity index (χ1v) is 9.73. The molecule has 0 saturated heterocycles. The summed E-state index contributed by atoms with van der Waals surface area (Å²) in [5, 5.41) is 6.13. The lowest BCUT2D eigenvalue weighted by Gasteiger charge is -2.16. The molecule has 6 nitrogen and oxygen atoms in total. The van der Waals surface area contributed by atoms with E-state index in [0.29, 0.717) is 38.9 Å². The van der Waals surface area contributed by atoms with Crippen LogP contribution >= 0.6 is 0 Å². The summed E-state index contributed by atoms with van der Waals surface area (Å²) in [5.74, 6) is 0.651. The Morgan fingerprint density at radius 2 is 1.90 bits per heavy atom. The van der Waals surface area contributed by atoms with Gasteiger partial charge in [-0.15, -0.1) is 0 Å². The Morgan fingerprint density at radius 1 is 1.14 bits per heavy atom. The minimum absolute atomic E-state index is 0.0914. The van der Waals surface area contributed by atoms with E-state index in [1.165, 1.54) is 12.1 Å². The topological polar surface area (TPSA) is 64.1 Å². The van der Waals surface area contributed by atoms with Crippen LogP contribution in [0, 0.1) is 0 Å². The molecule has 0 aliphatic carbocycles. The number of halogens is 3. The van der Waals surface area contributed by atoms with Crippen molar-refractivity contribution >= 4 is 5.96 Å². The van der Waals surface area contributed by atoms with Crippen LogP contribution in [0.3, 0.4) is 0 Å². The Bertz CT molecular complexity index is 623. The third-order valence-corrected chi connectivity index (χ3v) is 3.70. The number of alkyl halides is 3. The standard InChI is InChI=1S/C20H32F3N3O3/c1-5-24-19(25-9-6-10-28-12-11-27-4)26-14-16-7-8-17(29-15(2)3)13-18(16)20(21,22)23/h7-8,13,15H,5-6,9-12,14H2,1-4H3,(H2,24,25,26). The second kappa shape index (κ2) is 13.3. The Labute approximate surface area is 170 Å². The van der Waals surface area contributed by atoms with Crippen LogP contribution in [0.5, 0.6) is 5.75 Å². The van der Waals surface area contributed by atoms with E-state index in [1.54, 1.807) is 21.0 Å². The van der Waals surface area contributed by atoms with Gasteiger partial charge in [-0.25, -0.2) is 4.99 Å². The summed E-state index contributed by atoms with van der Waals surface area (Å²) in [5.41, 5.74) is -0.643. The first-order valence-electron chi connectivity index (χ1n) is 9.73. The summed E-state index contributed by atoms with van der Waals surface area (Å²) in [6.45, 7) is 8.15. The van der Waals surface area contributed by atoms with Crippen molar-refractivity contribution in [3.05, 3.63) is 29.3 Å². The SMILES string of the molecule is CCNC(=NCc1ccc(OC(C)C)cc1C(F)(F)F)NCCCOCCOC. The number of hydrogen-bond acceptors (Lipinski definition) is 4. The van der Waals surface area contributed by atoms with E-state index in [-0.39, 0.29) is 24.0 Å². The molecular formula is C20H32F3N3O3. The predicted molar refractivity (Wildman–Crippen MR) is 107 cm³/mol. The van der Waals surface area contributed by atoms with Gasteiger partial charge in [-0.1, -0.05) is 6.07 Å². The number of rotatable bonds is 12. The van der Waals surface area contributed by atoms with E-state index in [1.807, 2.05) is 6.92 Å². The van der Waals surface area contributed by atoms with E-state index >= 15 is 0 Å². The Balaban J connectivity index is 2.74. The van der Waals surface area contributed by atoms with Gasteiger partial charge in [0.25, 0.3) is 0 Å². The molecule has 1 aromatic carbocycles. The Kier molecular flexibility index (Phi) is 11.5. The van der Waals surface area contributed by atoms with Gasteiger partial charge in [0.15, 0.2) is 5.96 Å².